The average Bonchev–Trinajstić information content (AvgIpc) is 3.07. The maximum Gasteiger partial charge on any atom is 0.269 e. The molecule has 25 heavy (non-hydrogen) atoms. The van der Waals surface area contributed by atoms with E-state index in [1.807, 2.05) is 13.0 Å². The van der Waals surface area contributed by atoms with Crippen molar-refractivity contribution in [2.75, 3.05) is 32.9 Å². The van der Waals surface area contributed by atoms with Crippen molar-refractivity contribution in [3.05, 3.63) is 39.9 Å². The third kappa shape index (κ3) is 5.68. The Labute approximate surface area is 147 Å². The molecule has 138 valence electrons. The monoisotopic (exact) mass is 350 g/mol. The van der Waals surface area contributed by atoms with Gasteiger partial charge in [-0.2, -0.15) is 0 Å². The van der Waals surface area contributed by atoms with E-state index in [1.165, 1.54) is 12.1 Å². The highest BCUT2D eigenvalue weighted by Gasteiger charge is 2.34. The largest absolute Gasteiger partial charge is 0.396 e. The zero-order valence-electron chi connectivity index (χ0n) is 14.5. The zero-order valence-corrected chi connectivity index (χ0v) is 14.5. The van der Waals surface area contributed by atoms with Gasteiger partial charge >= 0.3 is 0 Å². The Morgan fingerprint density at radius 2 is 2.32 bits per heavy atom. The highest BCUT2D eigenvalue weighted by atomic mass is 16.6. The third-order valence-corrected chi connectivity index (χ3v) is 4.34. The summed E-state index contributed by atoms with van der Waals surface area (Å²) in [6.45, 7) is 5.17. The Hall–Kier alpha value is -2.19. The fraction of sp³-hybridized carbons (Fsp3) is 0.588. The van der Waals surface area contributed by atoms with Gasteiger partial charge in [-0.3, -0.25) is 10.1 Å². The van der Waals surface area contributed by atoms with Crippen molar-refractivity contribution in [2.24, 2.45) is 10.4 Å². The molecule has 3 N–H and O–H groups in total. The first-order valence-electron chi connectivity index (χ1n) is 8.53. The number of aliphatic hydroxyl groups is 1. The fourth-order valence-corrected chi connectivity index (χ4v) is 2.86. The molecule has 0 bridgehead atoms. The van der Waals surface area contributed by atoms with Crippen LogP contribution in [0.3, 0.4) is 0 Å². The van der Waals surface area contributed by atoms with Crippen LogP contribution >= 0.6 is 0 Å². The second kappa shape index (κ2) is 9.33. The Morgan fingerprint density at radius 1 is 1.48 bits per heavy atom. The molecule has 1 saturated heterocycles. The molecule has 1 aliphatic heterocycles. The van der Waals surface area contributed by atoms with Crippen molar-refractivity contribution in [1.29, 1.82) is 0 Å². The quantitative estimate of drug-likeness (QED) is 0.283. The molecule has 1 aromatic carbocycles. The van der Waals surface area contributed by atoms with Crippen molar-refractivity contribution in [3.8, 4) is 0 Å². The van der Waals surface area contributed by atoms with Crippen LogP contribution in [-0.2, 0) is 11.3 Å². The molecule has 1 atom stereocenters. The van der Waals surface area contributed by atoms with Crippen LogP contribution in [0.15, 0.2) is 29.3 Å². The zero-order chi connectivity index (χ0) is 18.1. The smallest absolute Gasteiger partial charge is 0.269 e. The van der Waals surface area contributed by atoms with Gasteiger partial charge in [0.05, 0.1) is 18.1 Å². The predicted octanol–water partition coefficient (Wildman–Crippen LogP) is 1.44. The van der Waals surface area contributed by atoms with Crippen molar-refractivity contribution < 1.29 is 14.8 Å². The first kappa shape index (κ1) is 19.1. The van der Waals surface area contributed by atoms with Gasteiger partial charge in [0.15, 0.2) is 5.96 Å². The number of aliphatic hydroxyl groups excluding tert-OH is 1. The Kier molecular flexibility index (Phi) is 7.15. The van der Waals surface area contributed by atoms with E-state index in [2.05, 4.69) is 15.6 Å². The van der Waals surface area contributed by atoms with E-state index in [1.54, 1.807) is 6.07 Å². The summed E-state index contributed by atoms with van der Waals surface area (Å²) in [5.41, 5.74) is 0.771. The van der Waals surface area contributed by atoms with Crippen LogP contribution in [0.1, 0.15) is 25.3 Å². The molecule has 0 aliphatic carbocycles. The van der Waals surface area contributed by atoms with Crippen LogP contribution in [0.4, 0.5) is 5.69 Å². The summed E-state index contributed by atoms with van der Waals surface area (Å²) >= 11 is 0. The minimum Gasteiger partial charge on any atom is -0.396 e. The second-order valence-electron chi connectivity index (χ2n) is 6.25. The van der Waals surface area contributed by atoms with Crippen molar-refractivity contribution in [3.63, 3.8) is 0 Å². The molecule has 1 aliphatic rings. The number of nitrogens with one attached hydrogen (secondary N) is 2. The number of non-ortho nitro benzene ring substituents is 1. The van der Waals surface area contributed by atoms with Gasteiger partial charge < -0.3 is 20.5 Å². The lowest BCUT2D eigenvalue weighted by Gasteiger charge is -2.27. The van der Waals surface area contributed by atoms with Crippen LogP contribution in [0.2, 0.25) is 0 Å². The van der Waals surface area contributed by atoms with E-state index < -0.39 is 4.92 Å². The number of benzene rings is 1. The number of rotatable bonds is 8. The van der Waals surface area contributed by atoms with Gasteiger partial charge in [0.1, 0.15) is 0 Å². The first-order valence-corrected chi connectivity index (χ1v) is 8.53. The maximum absolute atomic E-state index is 10.9. The highest BCUT2D eigenvalue weighted by molar-refractivity contribution is 5.79. The van der Waals surface area contributed by atoms with E-state index >= 15 is 0 Å². The summed E-state index contributed by atoms with van der Waals surface area (Å²) in [6, 6.07) is 6.48. The number of hydrogen-bond donors (Lipinski definition) is 3. The summed E-state index contributed by atoms with van der Waals surface area (Å²) < 4.78 is 5.49. The molecule has 0 aromatic heterocycles. The average molecular weight is 350 g/mol. The molecule has 1 unspecified atom stereocenters. The topological polar surface area (TPSA) is 109 Å². The molecule has 0 spiro atoms. The van der Waals surface area contributed by atoms with Gasteiger partial charge in [0.2, 0.25) is 0 Å². The molecular formula is C17H26N4O4. The third-order valence-electron chi connectivity index (χ3n) is 4.34. The standard InChI is InChI=1S/C17H26N4O4/c1-2-18-16(20-12-17(6-8-22)7-9-25-13-17)19-11-14-4-3-5-15(10-14)21(23)24/h3-5,10,22H,2,6-9,11-13H2,1H3,(H2,18,19,20). The molecule has 8 nitrogen and oxygen atoms in total. The number of aliphatic imine (C=N–C) groups is 1. The van der Waals surface area contributed by atoms with E-state index in [-0.39, 0.29) is 17.7 Å². The van der Waals surface area contributed by atoms with Crippen molar-refractivity contribution in [2.45, 2.75) is 26.3 Å². The number of ether oxygens (including phenoxy) is 1. The van der Waals surface area contributed by atoms with Crippen molar-refractivity contribution in [1.82, 2.24) is 10.6 Å². The molecule has 2 rings (SSSR count). The summed E-state index contributed by atoms with van der Waals surface area (Å²) in [7, 11) is 0. The van der Waals surface area contributed by atoms with Crippen LogP contribution in [0.25, 0.3) is 0 Å². The number of nitrogens with zero attached hydrogens (tertiary/aromatic N) is 2. The number of hydrogen-bond acceptors (Lipinski definition) is 5. The number of nitro groups is 1. The number of guanidine groups is 1. The molecule has 1 heterocycles. The minimum absolute atomic E-state index is 0.0654. The molecule has 8 heteroatoms. The van der Waals surface area contributed by atoms with Gasteiger partial charge in [0.25, 0.3) is 5.69 Å². The van der Waals surface area contributed by atoms with E-state index in [0.29, 0.717) is 45.2 Å². The van der Waals surface area contributed by atoms with Gasteiger partial charge in [-0.15, -0.1) is 0 Å². The van der Waals surface area contributed by atoms with E-state index in [4.69, 9.17) is 4.74 Å². The van der Waals surface area contributed by atoms with E-state index in [9.17, 15) is 15.2 Å². The van der Waals surface area contributed by atoms with Gasteiger partial charge in [0, 0.05) is 43.9 Å². The fourth-order valence-electron chi connectivity index (χ4n) is 2.86. The normalized spacial score (nSPS) is 20.5. The lowest BCUT2D eigenvalue weighted by atomic mass is 9.84. The molecule has 1 aromatic rings. The summed E-state index contributed by atoms with van der Waals surface area (Å²) in [4.78, 5) is 15.0. The Balaban J connectivity index is 2.00. The molecule has 0 radical (unpaired) electrons. The first-order chi connectivity index (χ1) is 12.1. The maximum atomic E-state index is 10.9. The highest BCUT2D eigenvalue weighted by Crippen LogP contribution is 2.31. The SMILES string of the molecule is CCNC(=NCc1cccc([N+](=O)[O-])c1)NCC1(CCO)CCOC1. The van der Waals surface area contributed by atoms with Crippen LogP contribution in [0.5, 0.6) is 0 Å². The van der Waals surface area contributed by atoms with Crippen molar-refractivity contribution >= 4 is 11.6 Å². The Morgan fingerprint density at radius 3 is 2.96 bits per heavy atom. The van der Waals surface area contributed by atoms with Crippen LogP contribution < -0.4 is 10.6 Å². The summed E-state index contributed by atoms with van der Waals surface area (Å²) in [5.74, 6) is 0.651. The molecule has 1 fully saturated rings. The van der Waals surface area contributed by atoms with Gasteiger partial charge in [-0.25, -0.2) is 4.99 Å². The van der Waals surface area contributed by atoms with Crippen LogP contribution in [-0.4, -0.2) is 48.9 Å². The lowest BCUT2D eigenvalue weighted by Crippen LogP contribution is -2.44. The van der Waals surface area contributed by atoms with Crippen LogP contribution in [0, 0.1) is 15.5 Å². The molecular weight excluding hydrogens is 324 g/mol. The Bertz CT molecular complexity index is 600. The van der Waals surface area contributed by atoms with Gasteiger partial charge in [-0.1, -0.05) is 12.1 Å². The summed E-state index contributed by atoms with van der Waals surface area (Å²) in [5, 5.41) is 26.6. The van der Waals surface area contributed by atoms with Gasteiger partial charge in [-0.05, 0) is 25.3 Å². The lowest BCUT2D eigenvalue weighted by molar-refractivity contribution is -0.384. The van der Waals surface area contributed by atoms with E-state index in [0.717, 1.165) is 12.0 Å². The second-order valence-corrected chi connectivity index (χ2v) is 6.25. The minimum atomic E-state index is -0.407. The molecule has 0 amide bonds. The number of nitro benzene ring substituents is 1. The molecule has 0 saturated carbocycles. The summed E-state index contributed by atoms with van der Waals surface area (Å²) in [6.07, 6.45) is 1.59. The predicted molar refractivity (Wildman–Crippen MR) is 95.5 cm³/mol.